The molecule has 180 valence electrons. The van der Waals surface area contributed by atoms with Crippen molar-refractivity contribution in [3.63, 3.8) is 0 Å². The molecule has 0 spiro atoms. The minimum atomic E-state index is -0.896. The third kappa shape index (κ3) is 5.35. The van der Waals surface area contributed by atoms with Gasteiger partial charge >= 0.3 is 0 Å². The van der Waals surface area contributed by atoms with Crippen LogP contribution >= 0.6 is 0 Å². The van der Waals surface area contributed by atoms with Crippen LogP contribution in [0.1, 0.15) is 20.7 Å². The summed E-state index contributed by atoms with van der Waals surface area (Å²) in [4.78, 5) is 39.1. The van der Waals surface area contributed by atoms with Gasteiger partial charge in [-0.2, -0.15) is 0 Å². The summed E-state index contributed by atoms with van der Waals surface area (Å²) < 4.78 is 26.7. The van der Waals surface area contributed by atoms with Crippen molar-refractivity contribution in [1.82, 2.24) is 4.90 Å². The molecule has 0 aliphatic carbocycles. The molecule has 3 aromatic carbocycles. The number of carbonyl (C=O) groups excluding carboxylic acids is 2. The molecular weight excluding hydrogens is 462 g/mol. The normalized spacial score (nSPS) is 13.4. The Hall–Kier alpha value is -4.54. The van der Waals surface area contributed by atoms with E-state index in [2.05, 4.69) is 5.32 Å². The van der Waals surface area contributed by atoms with Crippen LogP contribution in [0.25, 0.3) is 0 Å². The van der Waals surface area contributed by atoms with Crippen LogP contribution in [0, 0.1) is 21.7 Å². The Morgan fingerprint density at radius 2 is 1.54 bits per heavy atom. The Kier molecular flexibility index (Phi) is 6.58. The number of non-ortho nitro benzene ring substituents is 1. The maximum Gasteiger partial charge on any atom is 0.269 e. The van der Waals surface area contributed by atoms with E-state index in [1.54, 1.807) is 17.0 Å². The Labute approximate surface area is 198 Å². The van der Waals surface area contributed by atoms with Crippen molar-refractivity contribution < 1.29 is 28.4 Å². The van der Waals surface area contributed by atoms with Crippen molar-refractivity contribution >= 4 is 28.9 Å². The lowest BCUT2D eigenvalue weighted by molar-refractivity contribution is -0.384. The number of halogens is 2. The average molecular weight is 482 g/mol. The largest absolute Gasteiger partial charge is 0.507 e. The molecule has 0 unspecified atom stereocenters. The number of piperazine rings is 1. The number of anilines is 2. The summed E-state index contributed by atoms with van der Waals surface area (Å²) >= 11 is 0. The van der Waals surface area contributed by atoms with Gasteiger partial charge in [0, 0.05) is 67.4 Å². The van der Waals surface area contributed by atoms with Crippen molar-refractivity contribution in [1.29, 1.82) is 0 Å². The zero-order valence-electron chi connectivity index (χ0n) is 18.3. The van der Waals surface area contributed by atoms with E-state index >= 15 is 0 Å². The summed E-state index contributed by atoms with van der Waals surface area (Å²) in [7, 11) is 0. The van der Waals surface area contributed by atoms with Crippen LogP contribution in [-0.2, 0) is 0 Å². The van der Waals surface area contributed by atoms with Gasteiger partial charge in [-0.25, -0.2) is 8.78 Å². The summed E-state index contributed by atoms with van der Waals surface area (Å²) in [6.45, 7) is 1.75. The van der Waals surface area contributed by atoms with Crippen LogP contribution in [0.2, 0.25) is 0 Å². The Morgan fingerprint density at radius 3 is 2.11 bits per heavy atom. The molecule has 0 aromatic heterocycles. The lowest BCUT2D eigenvalue weighted by Crippen LogP contribution is -2.48. The first-order valence-electron chi connectivity index (χ1n) is 10.6. The van der Waals surface area contributed by atoms with E-state index in [1.807, 2.05) is 4.90 Å². The van der Waals surface area contributed by atoms with Gasteiger partial charge in [0.1, 0.15) is 17.4 Å². The predicted molar refractivity (Wildman–Crippen MR) is 124 cm³/mol. The number of carbonyl (C=O) groups is 2. The quantitative estimate of drug-likeness (QED) is 0.422. The maximum atomic E-state index is 13.3. The fourth-order valence-corrected chi connectivity index (χ4v) is 3.80. The van der Waals surface area contributed by atoms with Gasteiger partial charge in [-0.05, 0) is 36.4 Å². The molecular formula is C24H20F2N4O5. The summed E-state index contributed by atoms with van der Waals surface area (Å²) in [5.41, 5.74) is 0.776. The van der Waals surface area contributed by atoms with Gasteiger partial charge in [0.2, 0.25) is 0 Å². The molecule has 1 heterocycles. The van der Waals surface area contributed by atoms with E-state index in [4.69, 9.17) is 0 Å². The van der Waals surface area contributed by atoms with Gasteiger partial charge in [0.15, 0.2) is 0 Å². The second kappa shape index (κ2) is 9.75. The zero-order chi connectivity index (χ0) is 25.1. The molecule has 2 N–H and O–H groups in total. The minimum Gasteiger partial charge on any atom is -0.507 e. The first kappa shape index (κ1) is 23.6. The fraction of sp³-hybridized carbons (Fsp3) is 0.167. The first-order valence-corrected chi connectivity index (χ1v) is 10.6. The van der Waals surface area contributed by atoms with E-state index in [0.717, 1.165) is 17.8 Å². The Balaban J connectivity index is 1.38. The van der Waals surface area contributed by atoms with Gasteiger partial charge in [0.25, 0.3) is 17.5 Å². The van der Waals surface area contributed by atoms with E-state index in [1.165, 1.54) is 30.3 Å². The van der Waals surface area contributed by atoms with Gasteiger partial charge in [-0.15, -0.1) is 0 Å². The SMILES string of the molecule is O=C(Nc1ccc(C(=O)N2CCN(c3ccc([N+](=O)[O-])cc3)CC2)c(O)c1)c1cc(F)cc(F)c1. The minimum absolute atomic E-state index is 0.000714. The third-order valence-electron chi connectivity index (χ3n) is 5.60. The monoisotopic (exact) mass is 482 g/mol. The molecule has 0 radical (unpaired) electrons. The number of benzene rings is 3. The number of hydrogen-bond acceptors (Lipinski definition) is 6. The molecule has 9 nitrogen and oxygen atoms in total. The van der Waals surface area contributed by atoms with Crippen molar-refractivity contribution in [2.75, 3.05) is 36.4 Å². The van der Waals surface area contributed by atoms with Crippen LogP contribution in [0.4, 0.5) is 25.8 Å². The predicted octanol–water partition coefficient (Wildman–Crippen LogP) is 3.79. The smallest absolute Gasteiger partial charge is 0.269 e. The molecule has 4 rings (SSSR count). The molecule has 11 heteroatoms. The standard InChI is InChI=1S/C24H20F2N4O5/c25-16-11-15(12-17(26)13-16)23(32)27-18-1-6-21(22(31)14-18)24(33)29-9-7-28(8-10-29)19-2-4-20(5-3-19)30(34)35/h1-6,11-14,31H,7-10H2,(H,27,32). The number of nitrogens with zero attached hydrogens (tertiary/aromatic N) is 3. The van der Waals surface area contributed by atoms with Crippen molar-refractivity contribution in [2.24, 2.45) is 0 Å². The topological polar surface area (TPSA) is 116 Å². The Morgan fingerprint density at radius 1 is 0.914 bits per heavy atom. The Bertz CT molecular complexity index is 1270. The summed E-state index contributed by atoms with van der Waals surface area (Å²) in [5.74, 6) is -3.31. The second-order valence-electron chi connectivity index (χ2n) is 7.90. The zero-order valence-corrected chi connectivity index (χ0v) is 18.3. The van der Waals surface area contributed by atoms with Crippen molar-refractivity contribution in [3.05, 3.63) is 93.5 Å². The van der Waals surface area contributed by atoms with Crippen LogP contribution in [-0.4, -0.2) is 52.9 Å². The van der Waals surface area contributed by atoms with Crippen LogP contribution < -0.4 is 10.2 Å². The molecule has 1 fully saturated rings. The highest BCUT2D eigenvalue weighted by Gasteiger charge is 2.25. The number of phenols is 1. The molecule has 0 saturated carbocycles. The number of amides is 2. The van der Waals surface area contributed by atoms with Gasteiger partial charge in [-0.1, -0.05) is 0 Å². The summed E-state index contributed by atoms with van der Waals surface area (Å²) in [6.07, 6.45) is 0. The van der Waals surface area contributed by atoms with Gasteiger partial charge < -0.3 is 20.2 Å². The lowest BCUT2D eigenvalue weighted by atomic mass is 10.1. The molecule has 1 aliphatic rings. The number of nitro groups is 1. The average Bonchev–Trinajstić information content (AvgIpc) is 2.83. The third-order valence-corrected chi connectivity index (χ3v) is 5.60. The maximum absolute atomic E-state index is 13.3. The lowest BCUT2D eigenvalue weighted by Gasteiger charge is -2.36. The highest BCUT2D eigenvalue weighted by atomic mass is 19.1. The van der Waals surface area contributed by atoms with Gasteiger partial charge in [-0.3, -0.25) is 19.7 Å². The molecule has 0 atom stereocenters. The van der Waals surface area contributed by atoms with Gasteiger partial charge in [0.05, 0.1) is 10.5 Å². The van der Waals surface area contributed by atoms with Crippen LogP contribution in [0.3, 0.4) is 0 Å². The molecule has 0 bridgehead atoms. The molecule has 1 aliphatic heterocycles. The number of nitrogens with one attached hydrogen (secondary N) is 1. The molecule has 3 aromatic rings. The molecule has 35 heavy (non-hydrogen) atoms. The van der Waals surface area contributed by atoms with E-state index < -0.39 is 28.4 Å². The molecule has 1 saturated heterocycles. The summed E-state index contributed by atoms with van der Waals surface area (Å²) in [5, 5.41) is 23.6. The van der Waals surface area contributed by atoms with Crippen LogP contribution in [0.5, 0.6) is 5.75 Å². The van der Waals surface area contributed by atoms with E-state index in [0.29, 0.717) is 32.2 Å². The summed E-state index contributed by atoms with van der Waals surface area (Å²) in [6, 6.07) is 12.5. The van der Waals surface area contributed by atoms with E-state index in [9.17, 15) is 33.6 Å². The molecule has 2 amide bonds. The highest BCUT2D eigenvalue weighted by molar-refractivity contribution is 6.05. The fourth-order valence-electron chi connectivity index (χ4n) is 3.80. The number of hydrogen-bond donors (Lipinski definition) is 2. The van der Waals surface area contributed by atoms with Crippen molar-refractivity contribution in [2.45, 2.75) is 0 Å². The van der Waals surface area contributed by atoms with Crippen LogP contribution in [0.15, 0.2) is 60.7 Å². The number of phenolic OH excluding ortho intramolecular Hbond substituents is 1. The van der Waals surface area contributed by atoms with Crippen molar-refractivity contribution in [3.8, 4) is 5.75 Å². The number of rotatable bonds is 5. The number of aromatic hydroxyl groups is 1. The first-order chi connectivity index (χ1) is 16.7. The van der Waals surface area contributed by atoms with E-state index in [-0.39, 0.29) is 28.3 Å². The highest BCUT2D eigenvalue weighted by Crippen LogP contribution is 2.26. The second-order valence-corrected chi connectivity index (χ2v) is 7.90. The number of nitro benzene ring substituents is 1.